The maximum Gasteiger partial charge on any atom is 0.223 e. The molecule has 0 radical (unpaired) electrons. The van der Waals surface area contributed by atoms with Crippen molar-refractivity contribution in [2.24, 2.45) is 5.73 Å². The number of rotatable bonds is 6. The van der Waals surface area contributed by atoms with Crippen molar-refractivity contribution in [2.45, 2.75) is 51.7 Å². The van der Waals surface area contributed by atoms with E-state index in [1.165, 1.54) is 0 Å². The highest BCUT2D eigenvalue weighted by Crippen LogP contribution is 2.17. The monoisotopic (exact) mass is 258 g/mol. The smallest absolute Gasteiger partial charge is 0.223 e. The van der Waals surface area contributed by atoms with Gasteiger partial charge in [-0.2, -0.15) is 0 Å². The van der Waals surface area contributed by atoms with Gasteiger partial charge in [0, 0.05) is 19.1 Å². The number of hydrogen-bond acceptors (Lipinski definition) is 3. The lowest BCUT2D eigenvalue weighted by atomic mass is 10.1. The number of nitrogens with two attached hydrogens (primary N) is 1. The Morgan fingerprint density at radius 2 is 2.29 bits per heavy atom. The van der Waals surface area contributed by atoms with Crippen molar-refractivity contribution < 1.29 is 9.53 Å². The average molecular weight is 258 g/mol. The average Bonchev–Trinajstić information content (AvgIpc) is 2.74. The summed E-state index contributed by atoms with van der Waals surface area (Å²) in [6.45, 7) is 5.15. The molecule has 0 aromatic carbocycles. The summed E-state index contributed by atoms with van der Waals surface area (Å²) in [6.07, 6.45) is 3.77. The van der Waals surface area contributed by atoms with E-state index in [1.807, 2.05) is 13.8 Å². The SMILES string of the molecule is CC(C)N(CC(N)=S)C(=O)CCC1CCCO1. The Morgan fingerprint density at radius 3 is 2.76 bits per heavy atom. The van der Waals surface area contributed by atoms with E-state index >= 15 is 0 Å². The fourth-order valence-electron chi connectivity index (χ4n) is 2.03. The number of amides is 1. The molecule has 1 unspecified atom stereocenters. The third-order valence-electron chi connectivity index (χ3n) is 2.97. The molecule has 1 amide bonds. The molecule has 0 aliphatic carbocycles. The summed E-state index contributed by atoms with van der Waals surface area (Å²) >= 11 is 4.86. The molecule has 2 N–H and O–H groups in total. The first kappa shape index (κ1) is 14.4. The van der Waals surface area contributed by atoms with Crippen molar-refractivity contribution in [3.8, 4) is 0 Å². The van der Waals surface area contributed by atoms with Gasteiger partial charge in [0.05, 0.1) is 17.6 Å². The van der Waals surface area contributed by atoms with Crippen LogP contribution in [0.4, 0.5) is 0 Å². The number of ether oxygens (including phenoxy) is 1. The van der Waals surface area contributed by atoms with Crippen LogP contribution in [0.2, 0.25) is 0 Å². The number of nitrogens with zero attached hydrogens (tertiary/aromatic N) is 1. The highest BCUT2D eigenvalue weighted by atomic mass is 32.1. The summed E-state index contributed by atoms with van der Waals surface area (Å²) < 4.78 is 5.50. The third-order valence-corrected chi connectivity index (χ3v) is 3.10. The summed E-state index contributed by atoms with van der Waals surface area (Å²) in [5.74, 6) is 0.114. The summed E-state index contributed by atoms with van der Waals surface area (Å²) in [5, 5.41) is 0. The van der Waals surface area contributed by atoms with Crippen LogP contribution in [0.1, 0.15) is 39.5 Å². The van der Waals surface area contributed by atoms with Crippen LogP contribution >= 0.6 is 12.2 Å². The Labute approximate surface area is 108 Å². The molecule has 1 rings (SSSR count). The van der Waals surface area contributed by atoms with Gasteiger partial charge in [0.25, 0.3) is 0 Å². The van der Waals surface area contributed by atoms with Gasteiger partial charge in [-0.3, -0.25) is 4.79 Å². The molecule has 5 heteroatoms. The molecule has 4 nitrogen and oxygen atoms in total. The number of thiocarbonyl (C=S) groups is 1. The molecule has 17 heavy (non-hydrogen) atoms. The lowest BCUT2D eigenvalue weighted by Gasteiger charge is -2.26. The van der Waals surface area contributed by atoms with Crippen LogP contribution in [-0.4, -0.2) is 41.1 Å². The van der Waals surface area contributed by atoms with Gasteiger partial charge < -0.3 is 15.4 Å². The number of hydrogen-bond donors (Lipinski definition) is 1. The highest BCUT2D eigenvalue weighted by Gasteiger charge is 2.21. The standard InChI is InChI=1S/C12H22N2O2S/c1-9(2)14(8-11(13)17)12(15)6-5-10-4-3-7-16-10/h9-10H,3-8H2,1-2H3,(H2,13,17). The van der Waals surface area contributed by atoms with E-state index in [4.69, 9.17) is 22.7 Å². The van der Waals surface area contributed by atoms with Crippen LogP contribution in [0.25, 0.3) is 0 Å². The van der Waals surface area contributed by atoms with E-state index in [1.54, 1.807) is 4.90 Å². The molecule has 0 spiro atoms. The molecule has 0 bridgehead atoms. The minimum Gasteiger partial charge on any atom is -0.392 e. The predicted molar refractivity (Wildman–Crippen MR) is 71.8 cm³/mol. The lowest BCUT2D eigenvalue weighted by molar-refractivity contribution is -0.132. The van der Waals surface area contributed by atoms with Crippen molar-refractivity contribution >= 4 is 23.1 Å². The first-order chi connectivity index (χ1) is 8.00. The van der Waals surface area contributed by atoms with Crippen LogP contribution in [0.3, 0.4) is 0 Å². The number of carbonyl (C=O) groups excluding carboxylic acids is 1. The summed E-state index contributed by atoms with van der Waals surface area (Å²) in [6, 6.07) is 0.133. The minimum absolute atomic E-state index is 0.114. The highest BCUT2D eigenvalue weighted by molar-refractivity contribution is 7.80. The maximum atomic E-state index is 12.0. The van der Waals surface area contributed by atoms with Gasteiger partial charge in [-0.1, -0.05) is 12.2 Å². The van der Waals surface area contributed by atoms with Crippen molar-refractivity contribution in [2.75, 3.05) is 13.2 Å². The molecule has 98 valence electrons. The molecule has 0 aromatic heterocycles. The molecule has 1 heterocycles. The first-order valence-corrected chi connectivity index (χ1v) is 6.61. The van der Waals surface area contributed by atoms with Gasteiger partial charge in [0.15, 0.2) is 0 Å². The van der Waals surface area contributed by atoms with E-state index in [2.05, 4.69) is 0 Å². The normalized spacial score (nSPS) is 19.6. The Bertz CT molecular complexity index is 276. The van der Waals surface area contributed by atoms with Crippen molar-refractivity contribution in [1.29, 1.82) is 0 Å². The molecule has 1 saturated heterocycles. The molecule has 1 atom stereocenters. The fraction of sp³-hybridized carbons (Fsp3) is 0.833. The third kappa shape index (κ3) is 5.00. The molecular weight excluding hydrogens is 236 g/mol. The zero-order chi connectivity index (χ0) is 12.8. The van der Waals surface area contributed by atoms with Crippen LogP contribution in [0.5, 0.6) is 0 Å². The summed E-state index contributed by atoms with van der Waals surface area (Å²) in [4.78, 5) is 14.1. The molecule has 1 aliphatic rings. The molecule has 0 saturated carbocycles. The Balaban J connectivity index is 2.38. The van der Waals surface area contributed by atoms with E-state index < -0.39 is 0 Å². The molecule has 1 fully saturated rings. The Hall–Kier alpha value is -0.680. The summed E-state index contributed by atoms with van der Waals surface area (Å²) in [7, 11) is 0. The molecule has 1 aliphatic heterocycles. The largest absolute Gasteiger partial charge is 0.392 e. The van der Waals surface area contributed by atoms with E-state index in [0.29, 0.717) is 18.0 Å². The Morgan fingerprint density at radius 1 is 1.59 bits per heavy atom. The van der Waals surface area contributed by atoms with E-state index in [-0.39, 0.29) is 18.1 Å². The summed E-state index contributed by atoms with van der Waals surface area (Å²) in [5.41, 5.74) is 5.50. The van der Waals surface area contributed by atoms with Gasteiger partial charge in [-0.05, 0) is 33.1 Å². The van der Waals surface area contributed by atoms with Crippen molar-refractivity contribution in [3.63, 3.8) is 0 Å². The fourth-order valence-corrected chi connectivity index (χ4v) is 2.17. The quantitative estimate of drug-likeness (QED) is 0.733. The van der Waals surface area contributed by atoms with Crippen molar-refractivity contribution in [1.82, 2.24) is 4.90 Å². The molecular formula is C12H22N2O2S. The zero-order valence-electron chi connectivity index (χ0n) is 10.6. The lowest BCUT2D eigenvalue weighted by Crippen LogP contribution is -2.42. The maximum absolute atomic E-state index is 12.0. The Kier molecular flexibility index (Phi) is 5.85. The minimum atomic E-state index is 0.114. The van der Waals surface area contributed by atoms with Gasteiger partial charge in [0.2, 0.25) is 5.91 Å². The van der Waals surface area contributed by atoms with Crippen LogP contribution in [0, 0.1) is 0 Å². The van der Waals surface area contributed by atoms with Crippen LogP contribution in [-0.2, 0) is 9.53 Å². The second-order valence-corrected chi connectivity index (χ2v) is 5.28. The van der Waals surface area contributed by atoms with Gasteiger partial charge >= 0.3 is 0 Å². The zero-order valence-corrected chi connectivity index (χ0v) is 11.5. The second kappa shape index (κ2) is 6.91. The van der Waals surface area contributed by atoms with E-state index in [0.717, 1.165) is 25.9 Å². The first-order valence-electron chi connectivity index (χ1n) is 6.20. The van der Waals surface area contributed by atoms with E-state index in [9.17, 15) is 4.79 Å². The molecule has 0 aromatic rings. The van der Waals surface area contributed by atoms with Gasteiger partial charge in [0.1, 0.15) is 0 Å². The van der Waals surface area contributed by atoms with Gasteiger partial charge in [-0.25, -0.2) is 0 Å². The second-order valence-electron chi connectivity index (χ2n) is 4.76. The van der Waals surface area contributed by atoms with Crippen LogP contribution < -0.4 is 5.73 Å². The topological polar surface area (TPSA) is 55.6 Å². The van der Waals surface area contributed by atoms with Crippen molar-refractivity contribution in [3.05, 3.63) is 0 Å². The predicted octanol–water partition coefficient (Wildman–Crippen LogP) is 1.47. The van der Waals surface area contributed by atoms with Crippen LogP contribution in [0.15, 0.2) is 0 Å². The number of carbonyl (C=O) groups is 1. The van der Waals surface area contributed by atoms with Gasteiger partial charge in [-0.15, -0.1) is 0 Å².